The molecule has 1 aliphatic rings. The lowest BCUT2D eigenvalue weighted by Crippen LogP contribution is -2.39. The van der Waals surface area contributed by atoms with Gasteiger partial charge in [0.2, 0.25) is 0 Å². The zero-order chi connectivity index (χ0) is 12.4. The number of hydrogen-bond donors (Lipinski definition) is 2. The highest BCUT2D eigenvalue weighted by molar-refractivity contribution is 6.01. The van der Waals surface area contributed by atoms with Crippen molar-refractivity contribution >= 4 is 17.3 Å². The van der Waals surface area contributed by atoms with Gasteiger partial charge < -0.3 is 16.4 Å². The Morgan fingerprint density at radius 2 is 2.18 bits per heavy atom. The molecule has 1 aromatic carbocycles. The van der Waals surface area contributed by atoms with Crippen molar-refractivity contribution in [2.45, 2.75) is 32.2 Å². The highest BCUT2D eigenvalue weighted by Crippen LogP contribution is 2.32. The van der Waals surface area contributed by atoms with Crippen LogP contribution in [0.15, 0.2) is 18.2 Å². The number of primary amides is 1. The predicted octanol–water partition coefficient (Wildman–Crippen LogP) is 1.75. The van der Waals surface area contributed by atoms with Crippen LogP contribution in [0.5, 0.6) is 0 Å². The SMILES string of the molecule is CC1CCCCN1c1c(N)cccc1C(N)=O. The first kappa shape index (κ1) is 11.8. The molecule has 0 radical (unpaired) electrons. The number of benzene rings is 1. The Balaban J connectivity index is 2.45. The largest absolute Gasteiger partial charge is 0.397 e. The summed E-state index contributed by atoms with van der Waals surface area (Å²) in [5.41, 5.74) is 13.4. The Morgan fingerprint density at radius 3 is 2.82 bits per heavy atom. The molecule has 4 heteroatoms. The number of hydrogen-bond acceptors (Lipinski definition) is 3. The predicted molar refractivity (Wildman–Crippen MR) is 70.0 cm³/mol. The maximum absolute atomic E-state index is 11.5. The summed E-state index contributed by atoms with van der Waals surface area (Å²) in [7, 11) is 0. The van der Waals surface area contributed by atoms with E-state index in [9.17, 15) is 4.79 Å². The number of amides is 1. The van der Waals surface area contributed by atoms with Crippen LogP contribution in [0, 0.1) is 0 Å². The van der Waals surface area contributed by atoms with E-state index in [1.165, 1.54) is 6.42 Å². The summed E-state index contributed by atoms with van der Waals surface area (Å²) in [6.07, 6.45) is 3.50. The second-order valence-corrected chi connectivity index (χ2v) is 4.65. The van der Waals surface area contributed by atoms with Gasteiger partial charge in [-0.15, -0.1) is 0 Å². The van der Waals surface area contributed by atoms with Crippen molar-refractivity contribution in [1.29, 1.82) is 0 Å². The molecule has 1 fully saturated rings. The van der Waals surface area contributed by atoms with Crippen molar-refractivity contribution < 1.29 is 4.79 Å². The zero-order valence-electron chi connectivity index (χ0n) is 10.1. The monoisotopic (exact) mass is 233 g/mol. The van der Waals surface area contributed by atoms with Gasteiger partial charge in [0.25, 0.3) is 5.91 Å². The third-order valence-corrected chi connectivity index (χ3v) is 3.42. The van der Waals surface area contributed by atoms with Gasteiger partial charge in [0.15, 0.2) is 0 Å². The van der Waals surface area contributed by atoms with Crippen molar-refractivity contribution in [2.75, 3.05) is 17.2 Å². The maximum atomic E-state index is 11.5. The zero-order valence-corrected chi connectivity index (χ0v) is 10.1. The fourth-order valence-corrected chi connectivity index (χ4v) is 2.51. The first-order valence-electron chi connectivity index (χ1n) is 6.06. The molecule has 0 spiro atoms. The van der Waals surface area contributed by atoms with Crippen LogP contribution in [0.2, 0.25) is 0 Å². The van der Waals surface area contributed by atoms with Crippen LogP contribution < -0.4 is 16.4 Å². The number of piperidine rings is 1. The van der Waals surface area contributed by atoms with E-state index in [2.05, 4.69) is 11.8 Å². The topological polar surface area (TPSA) is 72.3 Å². The molecule has 17 heavy (non-hydrogen) atoms. The molecule has 0 aromatic heterocycles. The summed E-state index contributed by atoms with van der Waals surface area (Å²) in [5, 5.41) is 0. The van der Waals surface area contributed by atoms with Crippen LogP contribution in [-0.4, -0.2) is 18.5 Å². The Kier molecular flexibility index (Phi) is 3.22. The second kappa shape index (κ2) is 4.65. The average molecular weight is 233 g/mol. The van der Waals surface area contributed by atoms with Crippen LogP contribution in [0.4, 0.5) is 11.4 Å². The van der Waals surface area contributed by atoms with Crippen LogP contribution in [0.3, 0.4) is 0 Å². The van der Waals surface area contributed by atoms with Crippen LogP contribution in [0.25, 0.3) is 0 Å². The van der Waals surface area contributed by atoms with Crippen LogP contribution in [0.1, 0.15) is 36.5 Å². The summed E-state index contributed by atoms with van der Waals surface area (Å²) in [4.78, 5) is 13.7. The molecule has 0 aliphatic carbocycles. The van der Waals surface area contributed by atoms with E-state index in [4.69, 9.17) is 11.5 Å². The van der Waals surface area contributed by atoms with E-state index in [0.717, 1.165) is 25.1 Å². The third-order valence-electron chi connectivity index (χ3n) is 3.42. The molecule has 4 nitrogen and oxygen atoms in total. The minimum Gasteiger partial charge on any atom is -0.397 e. The molecule has 92 valence electrons. The van der Waals surface area contributed by atoms with E-state index in [1.807, 2.05) is 6.07 Å². The smallest absolute Gasteiger partial charge is 0.250 e. The van der Waals surface area contributed by atoms with Gasteiger partial charge in [-0.1, -0.05) is 6.07 Å². The van der Waals surface area contributed by atoms with E-state index in [1.54, 1.807) is 12.1 Å². The molecule has 1 amide bonds. The number of para-hydroxylation sites is 1. The van der Waals surface area contributed by atoms with E-state index in [-0.39, 0.29) is 0 Å². The minimum atomic E-state index is -0.412. The third kappa shape index (κ3) is 2.20. The van der Waals surface area contributed by atoms with Gasteiger partial charge in [-0.3, -0.25) is 4.79 Å². The normalized spacial score (nSPS) is 20.3. The van der Waals surface area contributed by atoms with Crippen LogP contribution in [-0.2, 0) is 0 Å². The Hall–Kier alpha value is -1.71. The molecule has 1 heterocycles. The number of rotatable bonds is 2. The van der Waals surface area contributed by atoms with Crippen LogP contribution >= 0.6 is 0 Å². The molecule has 0 bridgehead atoms. The lowest BCUT2D eigenvalue weighted by molar-refractivity contribution is 0.100. The number of nitrogens with two attached hydrogens (primary N) is 2. The quantitative estimate of drug-likeness (QED) is 0.764. The molecule has 0 saturated carbocycles. The summed E-state index contributed by atoms with van der Waals surface area (Å²) in [6, 6.07) is 5.75. The summed E-state index contributed by atoms with van der Waals surface area (Å²) in [6.45, 7) is 3.10. The van der Waals surface area contributed by atoms with Gasteiger partial charge in [-0.2, -0.15) is 0 Å². The number of anilines is 2. The summed E-state index contributed by atoms with van der Waals surface area (Å²) in [5.74, 6) is -0.412. The highest BCUT2D eigenvalue weighted by Gasteiger charge is 2.24. The number of carbonyl (C=O) groups is 1. The van der Waals surface area contributed by atoms with Gasteiger partial charge in [0.05, 0.1) is 16.9 Å². The molecule has 4 N–H and O–H groups in total. The standard InChI is InChI=1S/C13H19N3O/c1-9-5-2-3-8-16(9)12-10(13(15)17)6-4-7-11(12)14/h4,6-7,9H,2-3,5,8,14H2,1H3,(H2,15,17). The summed E-state index contributed by atoms with van der Waals surface area (Å²) >= 11 is 0. The minimum absolute atomic E-state index is 0.409. The molecule has 1 atom stereocenters. The Labute approximate surface area is 102 Å². The lowest BCUT2D eigenvalue weighted by Gasteiger charge is -2.37. The first-order valence-corrected chi connectivity index (χ1v) is 6.06. The molecule has 1 aromatic rings. The van der Waals surface area contributed by atoms with Gasteiger partial charge in [-0.25, -0.2) is 0 Å². The van der Waals surface area contributed by atoms with Gasteiger partial charge in [-0.05, 0) is 38.3 Å². The molecule has 2 rings (SSSR count). The maximum Gasteiger partial charge on any atom is 0.250 e. The van der Waals surface area contributed by atoms with Gasteiger partial charge in [0.1, 0.15) is 0 Å². The van der Waals surface area contributed by atoms with Crippen molar-refractivity contribution in [3.8, 4) is 0 Å². The highest BCUT2D eigenvalue weighted by atomic mass is 16.1. The number of carbonyl (C=O) groups excluding carboxylic acids is 1. The number of nitrogens with zero attached hydrogens (tertiary/aromatic N) is 1. The van der Waals surface area contributed by atoms with E-state index >= 15 is 0 Å². The van der Waals surface area contributed by atoms with Crippen molar-refractivity contribution in [2.24, 2.45) is 5.73 Å². The van der Waals surface area contributed by atoms with Crippen molar-refractivity contribution in [3.05, 3.63) is 23.8 Å². The molecular weight excluding hydrogens is 214 g/mol. The van der Waals surface area contributed by atoms with E-state index in [0.29, 0.717) is 17.3 Å². The molecule has 1 unspecified atom stereocenters. The number of nitrogen functional groups attached to an aromatic ring is 1. The molecular formula is C13H19N3O. The lowest BCUT2D eigenvalue weighted by atomic mass is 10.00. The first-order chi connectivity index (χ1) is 8.11. The fraction of sp³-hybridized carbons (Fsp3) is 0.462. The second-order valence-electron chi connectivity index (χ2n) is 4.65. The Morgan fingerprint density at radius 1 is 1.41 bits per heavy atom. The van der Waals surface area contributed by atoms with Crippen molar-refractivity contribution in [3.63, 3.8) is 0 Å². The molecule has 1 aliphatic heterocycles. The van der Waals surface area contributed by atoms with Crippen molar-refractivity contribution in [1.82, 2.24) is 0 Å². The van der Waals surface area contributed by atoms with E-state index < -0.39 is 5.91 Å². The Bertz CT molecular complexity index is 431. The van der Waals surface area contributed by atoms with Gasteiger partial charge >= 0.3 is 0 Å². The summed E-state index contributed by atoms with van der Waals surface area (Å²) < 4.78 is 0. The average Bonchev–Trinajstić information content (AvgIpc) is 2.30. The molecule has 1 saturated heterocycles. The fourth-order valence-electron chi connectivity index (χ4n) is 2.51. The van der Waals surface area contributed by atoms with Gasteiger partial charge in [0, 0.05) is 12.6 Å².